The number of piperazine rings is 1. The highest BCUT2D eigenvalue weighted by Gasteiger charge is 2.36. The molecular weight excluding hydrogens is 285 g/mol. The Hall–Kier alpha value is -2.05. The van der Waals surface area contributed by atoms with Crippen molar-refractivity contribution >= 4 is 11.8 Å². The molecule has 21 heavy (non-hydrogen) atoms. The van der Waals surface area contributed by atoms with E-state index >= 15 is 0 Å². The Labute approximate surface area is 119 Å². The molecule has 1 N–H and O–H groups in total. The molecule has 1 unspecified atom stereocenters. The molecule has 1 saturated heterocycles. The van der Waals surface area contributed by atoms with Gasteiger partial charge in [-0.1, -0.05) is 13.8 Å². The first-order valence-corrected chi connectivity index (χ1v) is 6.56. The van der Waals surface area contributed by atoms with Gasteiger partial charge in [0.15, 0.2) is 17.5 Å². The maximum absolute atomic E-state index is 13.7. The molecule has 0 bridgehead atoms. The average molecular weight is 300 g/mol. The maximum atomic E-state index is 13.7. The lowest BCUT2D eigenvalue weighted by atomic mass is 9.98. The van der Waals surface area contributed by atoms with Gasteiger partial charge in [0, 0.05) is 13.1 Å². The molecular formula is C14H15F3N2O2. The Morgan fingerprint density at radius 1 is 1.29 bits per heavy atom. The van der Waals surface area contributed by atoms with Crippen molar-refractivity contribution in [3.63, 3.8) is 0 Å². The summed E-state index contributed by atoms with van der Waals surface area (Å²) in [6.07, 6.45) is 0. The van der Waals surface area contributed by atoms with Crippen molar-refractivity contribution in [1.29, 1.82) is 0 Å². The minimum absolute atomic E-state index is 0.186. The molecule has 1 fully saturated rings. The van der Waals surface area contributed by atoms with Crippen LogP contribution >= 0.6 is 0 Å². The van der Waals surface area contributed by atoms with E-state index in [-0.39, 0.29) is 24.9 Å². The molecule has 1 aromatic rings. The van der Waals surface area contributed by atoms with Crippen LogP contribution < -0.4 is 5.32 Å². The van der Waals surface area contributed by atoms with E-state index in [4.69, 9.17) is 0 Å². The highest BCUT2D eigenvalue weighted by Crippen LogP contribution is 2.21. The van der Waals surface area contributed by atoms with Gasteiger partial charge in [0.1, 0.15) is 6.04 Å². The minimum atomic E-state index is -1.69. The Morgan fingerprint density at radius 3 is 2.57 bits per heavy atom. The van der Waals surface area contributed by atoms with Crippen LogP contribution in [-0.2, 0) is 4.79 Å². The van der Waals surface area contributed by atoms with E-state index in [1.807, 2.05) is 0 Å². The van der Waals surface area contributed by atoms with Crippen molar-refractivity contribution in [2.75, 3.05) is 13.1 Å². The zero-order valence-corrected chi connectivity index (χ0v) is 11.6. The van der Waals surface area contributed by atoms with Gasteiger partial charge in [-0.2, -0.15) is 0 Å². The van der Waals surface area contributed by atoms with Crippen molar-refractivity contribution in [1.82, 2.24) is 10.2 Å². The summed E-state index contributed by atoms with van der Waals surface area (Å²) in [5.74, 6) is -5.94. The first-order valence-electron chi connectivity index (χ1n) is 6.56. The minimum Gasteiger partial charge on any atom is -0.353 e. The van der Waals surface area contributed by atoms with E-state index in [9.17, 15) is 22.8 Å². The fourth-order valence-corrected chi connectivity index (χ4v) is 2.42. The number of benzene rings is 1. The van der Waals surface area contributed by atoms with E-state index in [1.165, 1.54) is 4.90 Å². The molecule has 0 saturated carbocycles. The van der Waals surface area contributed by atoms with Crippen molar-refractivity contribution in [2.45, 2.75) is 19.9 Å². The highest BCUT2D eigenvalue weighted by atomic mass is 19.2. The molecule has 0 spiro atoms. The smallest absolute Gasteiger partial charge is 0.257 e. The molecule has 2 amide bonds. The van der Waals surface area contributed by atoms with Crippen LogP contribution in [0.5, 0.6) is 0 Å². The van der Waals surface area contributed by atoms with Gasteiger partial charge in [0.25, 0.3) is 5.91 Å². The predicted molar refractivity (Wildman–Crippen MR) is 69.0 cm³/mol. The summed E-state index contributed by atoms with van der Waals surface area (Å²) in [5.41, 5.74) is -0.575. The maximum Gasteiger partial charge on any atom is 0.257 e. The molecule has 0 aromatic heterocycles. The predicted octanol–water partition coefficient (Wildman–Crippen LogP) is 1.70. The topological polar surface area (TPSA) is 49.4 Å². The fraction of sp³-hybridized carbons (Fsp3) is 0.429. The van der Waals surface area contributed by atoms with Crippen molar-refractivity contribution < 1.29 is 22.8 Å². The zero-order chi connectivity index (χ0) is 15.7. The Balaban J connectivity index is 2.38. The average Bonchev–Trinajstić information content (AvgIpc) is 2.43. The number of hydrogen-bond donors (Lipinski definition) is 1. The van der Waals surface area contributed by atoms with Gasteiger partial charge in [-0.15, -0.1) is 0 Å². The molecule has 114 valence electrons. The summed E-state index contributed by atoms with van der Waals surface area (Å²) in [6, 6.07) is 0.818. The van der Waals surface area contributed by atoms with Crippen LogP contribution in [0.4, 0.5) is 13.2 Å². The monoisotopic (exact) mass is 300 g/mol. The van der Waals surface area contributed by atoms with Gasteiger partial charge < -0.3 is 10.2 Å². The van der Waals surface area contributed by atoms with Crippen LogP contribution in [-0.4, -0.2) is 35.8 Å². The number of hydrogen-bond acceptors (Lipinski definition) is 2. The molecule has 2 rings (SSSR count). The van der Waals surface area contributed by atoms with E-state index in [0.29, 0.717) is 6.07 Å². The zero-order valence-electron chi connectivity index (χ0n) is 11.6. The van der Waals surface area contributed by atoms with Crippen LogP contribution in [0.15, 0.2) is 12.1 Å². The number of rotatable bonds is 2. The van der Waals surface area contributed by atoms with Crippen LogP contribution in [0.25, 0.3) is 0 Å². The molecule has 0 radical (unpaired) electrons. The summed E-state index contributed by atoms with van der Waals surface area (Å²) >= 11 is 0. The van der Waals surface area contributed by atoms with Crippen LogP contribution in [0, 0.1) is 23.4 Å². The number of amides is 2. The lowest BCUT2D eigenvalue weighted by molar-refractivity contribution is -0.129. The third-order valence-corrected chi connectivity index (χ3v) is 3.41. The number of carbonyl (C=O) groups excluding carboxylic acids is 2. The molecule has 1 aromatic carbocycles. The molecule has 1 heterocycles. The summed E-state index contributed by atoms with van der Waals surface area (Å²) < 4.78 is 39.9. The first kappa shape index (κ1) is 15.3. The Kier molecular flexibility index (Phi) is 4.20. The highest BCUT2D eigenvalue weighted by molar-refractivity contribution is 5.98. The second kappa shape index (κ2) is 5.75. The molecule has 1 atom stereocenters. The number of nitrogens with one attached hydrogen (secondary N) is 1. The summed E-state index contributed by atoms with van der Waals surface area (Å²) in [4.78, 5) is 25.4. The molecule has 4 nitrogen and oxygen atoms in total. The Morgan fingerprint density at radius 2 is 1.95 bits per heavy atom. The SMILES string of the molecule is CC(C)C1C(=O)NCCN1C(=O)c1ccc(F)c(F)c1F. The van der Waals surface area contributed by atoms with E-state index < -0.39 is 35.0 Å². The van der Waals surface area contributed by atoms with Crippen LogP contribution in [0.1, 0.15) is 24.2 Å². The second-order valence-corrected chi connectivity index (χ2v) is 5.20. The largest absolute Gasteiger partial charge is 0.353 e. The van der Waals surface area contributed by atoms with Crippen LogP contribution in [0.2, 0.25) is 0 Å². The normalized spacial score (nSPS) is 18.9. The van der Waals surface area contributed by atoms with Crippen molar-refractivity contribution in [3.05, 3.63) is 35.1 Å². The van der Waals surface area contributed by atoms with Crippen molar-refractivity contribution in [3.8, 4) is 0 Å². The van der Waals surface area contributed by atoms with Gasteiger partial charge in [-0.3, -0.25) is 9.59 Å². The van der Waals surface area contributed by atoms with E-state index in [0.717, 1.165) is 6.07 Å². The van der Waals surface area contributed by atoms with Gasteiger partial charge in [-0.05, 0) is 18.1 Å². The molecule has 1 aliphatic rings. The fourth-order valence-electron chi connectivity index (χ4n) is 2.42. The van der Waals surface area contributed by atoms with Gasteiger partial charge in [0.2, 0.25) is 5.91 Å². The van der Waals surface area contributed by atoms with Gasteiger partial charge in [0.05, 0.1) is 5.56 Å². The summed E-state index contributed by atoms with van der Waals surface area (Å²) in [5, 5.41) is 2.62. The van der Waals surface area contributed by atoms with Crippen molar-refractivity contribution in [2.24, 2.45) is 5.92 Å². The lowest BCUT2D eigenvalue weighted by Gasteiger charge is -2.37. The lowest BCUT2D eigenvalue weighted by Crippen LogP contribution is -2.59. The molecule has 0 aliphatic carbocycles. The van der Waals surface area contributed by atoms with E-state index in [1.54, 1.807) is 13.8 Å². The number of nitrogens with zero attached hydrogens (tertiary/aromatic N) is 1. The third-order valence-electron chi connectivity index (χ3n) is 3.41. The summed E-state index contributed by atoms with van der Waals surface area (Å²) in [6.45, 7) is 3.92. The molecule has 7 heteroatoms. The summed E-state index contributed by atoms with van der Waals surface area (Å²) in [7, 11) is 0. The van der Waals surface area contributed by atoms with Gasteiger partial charge >= 0.3 is 0 Å². The first-order chi connectivity index (χ1) is 9.84. The van der Waals surface area contributed by atoms with Gasteiger partial charge in [-0.25, -0.2) is 13.2 Å². The standard InChI is InChI=1S/C14H15F3N2O2/c1-7(2)12-13(20)18-5-6-19(12)14(21)8-3-4-9(15)11(17)10(8)16/h3-4,7,12H,5-6H2,1-2H3,(H,18,20). The second-order valence-electron chi connectivity index (χ2n) is 5.20. The Bertz CT molecular complexity index is 590. The number of carbonyl (C=O) groups is 2. The van der Waals surface area contributed by atoms with Crippen LogP contribution in [0.3, 0.4) is 0 Å². The molecule has 1 aliphatic heterocycles. The quantitative estimate of drug-likeness (QED) is 0.845. The van der Waals surface area contributed by atoms with E-state index in [2.05, 4.69) is 5.32 Å². The number of halogens is 3. The third kappa shape index (κ3) is 2.72.